The van der Waals surface area contributed by atoms with Gasteiger partial charge in [0.2, 0.25) is 5.91 Å². The number of carboxylic acid groups (broad SMARTS) is 2. The molecular weight excluding hydrogens is 642 g/mol. The third-order valence-corrected chi connectivity index (χ3v) is 5.46. The van der Waals surface area contributed by atoms with Crippen LogP contribution >= 0.6 is 0 Å². The average Bonchev–Trinajstić information content (AvgIpc) is 3.01. The minimum atomic E-state index is -5.08. The number of benzene rings is 2. The molecule has 17 heteroatoms. The molecule has 0 saturated carbocycles. The van der Waals surface area contributed by atoms with Gasteiger partial charge in [0.1, 0.15) is 17.3 Å². The van der Waals surface area contributed by atoms with E-state index in [4.69, 9.17) is 24.5 Å². The van der Waals surface area contributed by atoms with Crippen LogP contribution in [0.4, 0.5) is 37.8 Å². The largest absolute Gasteiger partial charge is 0.490 e. The van der Waals surface area contributed by atoms with Crippen LogP contribution in [0.15, 0.2) is 85.7 Å². The van der Waals surface area contributed by atoms with Crippen LogP contribution in [0.25, 0.3) is 10.9 Å². The van der Waals surface area contributed by atoms with Crippen LogP contribution in [0.5, 0.6) is 11.5 Å². The minimum absolute atomic E-state index is 0.251. The van der Waals surface area contributed by atoms with Gasteiger partial charge in [-0.15, -0.1) is 0 Å². The zero-order chi connectivity index (χ0) is 35.4. The Hall–Kier alpha value is -6.00. The molecule has 11 nitrogen and oxygen atoms in total. The number of ether oxygens (including phenoxy) is 1. The number of fused-ring (bicyclic) bond motifs is 1. The maximum Gasteiger partial charge on any atom is 0.490 e. The van der Waals surface area contributed by atoms with Gasteiger partial charge < -0.3 is 25.6 Å². The molecule has 0 bridgehead atoms. The van der Waals surface area contributed by atoms with Gasteiger partial charge in [-0.25, -0.2) is 14.6 Å². The molecule has 2 heterocycles. The number of aromatic nitrogens is 2. The summed E-state index contributed by atoms with van der Waals surface area (Å²) in [6, 6.07) is 17.7. The number of halogens is 6. The van der Waals surface area contributed by atoms with Gasteiger partial charge in [-0.3, -0.25) is 14.6 Å². The van der Waals surface area contributed by atoms with Crippen molar-refractivity contribution in [1.29, 1.82) is 0 Å². The van der Waals surface area contributed by atoms with E-state index in [0.29, 0.717) is 28.6 Å². The number of carboxylic acids is 2. The molecule has 0 radical (unpaired) electrons. The van der Waals surface area contributed by atoms with Gasteiger partial charge in [-0.2, -0.15) is 26.3 Å². The molecule has 0 aliphatic heterocycles. The number of carbonyl (C=O) groups is 4. The summed E-state index contributed by atoms with van der Waals surface area (Å²) in [5, 5.41) is 20.5. The molecule has 0 atom stereocenters. The lowest BCUT2D eigenvalue weighted by molar-refractivity contribution is -0.193. The van der Waals surface area contributed by atoms with Crippen LogP contribution in [-0.2, 0) is 20.8 Å². The van der Waals surface area contributed by atoms with Crippen LogP contribution in [-0.4, -0.2) is 56.3 Å². The number of alkyl halides is 6. The molecule has 0 unspecified atom stereocenters. The number of pyridine rings is 2. The second kappa shape index (κ2) is 16.4. The number of aliphatic carboxylic acids is 2. The lowest BCUT2D eigenvalue weighted by Gasteiger charge is -2.11. The first-order chi connectivity index (χ1) is 21.9. The predicted octanol–water partition coefficient (Wildman–Crippen LogP) is 6.63. The van der Waals surface area contributed by atoms with Gasteiger partial charge in [0, 0.05) is 29.0 Å². The van der Waals surface area contributed by atoms with Crippen molar-refractivity contribution in [2.75, 3.05) is 10.6 Å². The highest BCUT2D eigenvalue weighted by molar-refractivity contribution is 6.04. The van der Waals surface area contributed by atoms with Crippen LogP contribution in [0, 0.1) is 0 Å². The molecule has 2 aromatic heterocycles. The third-order valence-electron chi connectivity index (χ3n) is 5.46. The van der Waals surface area contributed by atoms with Crippen molar-refractivity contribution in [3.05, 3.63) is 96.8 Å². The van der Waals surface area contributed by atoms with E-state index < -0.39 is 24.3 Å². The fourth-order valence-electron chi connectivity index (χ4n) is 3.23. The van der Waals surface area contributed by atoms with Crippen LogP contribution in [0.2, 0.25) is 0 Å². The number of hydrogen-bond acceptors (Lipinski definition) is 7. The van der Waals surface area contributed by atoms with E-state index in [-0.39, 0.29) is 11.8 Å². The summed E-state index contributed by atoms with van der Waals surface area (Å²) >= 11 is 0. The number of hydrogen-bond donors (Lipinski definition) is 4. The molecule has 0 aliphatic rings. The van der Waals surface area contributed by atoms with Crippen molar-refractivity contribution in [1.82, 2.24) is 9.97 Å². The van der Waals surface area contributed by atoms with Gasteiger partial charge in [-0.1, -0.05) is 13.5 Å². The van der Waals surface area contributed by atoms with Crippen LogP contribution in [0.1, 0.15) is 22.8 Å². The number of carbonyl (C=O) groups excluding carboxylic acids is 2. The van der Waals surface area contributed by atoms with E-state index in [1.54, 1.807) is 60.9 Å². The van der Waals surface area contributed by atoms with Crippen LogP contribution in [0.3, 0.4) is 0 Å². The van der Waals surface area contributed by atoms with E-state index in [2.05, 4.69) is 27.2 Å². The second-order valence-electron chi connectivity index (χ2n) is 8.82. The Morgan fingerprint density at radius 2 is 1.40 bits per heavy atom. The smallest absolute Gasteiger partial charge is 0.475 e. The summed E-state index contributed by atoms with van der Waals surface area (Å²) in [7, 11) is 0. The average molecular weight is 667 g/mol. The number of aryl methyl sites for hydroxylation is 1. The molecule has 2 aromatic carbocycles. The number of nitrogens with one attached hydrogen (secondary N) is 2. The molecular formula is C30H24F6N4O7. The fraction of sp³-hybridized carbons (Fsp3) is 0.133. The quantitative estimate of drug-likeness (QED) is 0.125. The molecule has 0 saturated heterocycles. The summed E-state index contributed by atoms with van der Waals surface area (Å²) in [6.45, 7) is 5.51. The van der Waals surface area contributed by atoms with Gasteiger partial charge in [0.25, 0.3) is 5.91 Å². The molecule has 0 fully saturated rings. The fourth-order valence-corrected chi connectivity index (χ4v) is 3.23. The van der Waals surface area contributed by atoms with Crippen molar-refractivity contribution < 1.29 is 60.5 Å². The van der Waals surface area contributed by atoms with Crippen molar-refractivity contribution >= 4 is 46.2 Å². The van der Waals surface area contributed by atoms with E-state index in [1.807, 2.05) is 19.1 Å². The van der Waals surface area contributed by atoms with Gasteiger partial charge >= 0.3 is 24.3 Å². The maximum absolute atomic E-state index is 12.6. The number of amides is 2. The van der Waals surface area contributed by atoms with Gasteiger partial charge in [0.05, 0.1) is 5.52 Å². The first kappa shape index (κ1) is 37.2. The standard InChI is InChI=1S/C26H22N4O3.2C2HF3O2/c1-3-17-11-13-28-24(15-17)30-26(32)18-5-8-20(9-6-18)33-23-12-14-27-22-10-7-19(16-21(22)23)29-25(31)4-2;2*3-2(4,5)1(6)7/h4-16H,2-3H2,1H3,(H,29,31)(H,28,30,32);2*(H,6,7). The van der Waals surface area contributed by atoms with E-state index in [0.717, 1.165) is 22.9 Å². The van der Waals surface area contributed by atoms with Crippen LogP contribution < -0.4 is 15.4 Å². The summed E-state index contributed by atoms with van der Waals surface area (Å²) in [6.07, 6.45) is -4.76. The maximum atomic E-state index is 12.6. The Morgan fingerprint density at radius 3 is 1.94 bits per heavy atom. The number of rotatable bonds is 7. The summed E-state index contributed by atoms with van der Waals surface area (Å²) in [5.74, 6) is -4.41. The molecule has 0 aliphatic carbocycles. The van der Waals surface area contributed by atoms with Crippen molar-refractivity contribution in [3.63, 3.8) is 0 Å². The molecule has 0 spiro atoms. The SMILES string of the molecule is C=CC(=O)Nc1ccc2nccc(Oc3ccc(C(=O)Nc4cc(CC)ccn4)cc3)c2c1.O=C(O)C(F)(F)F.O=C(O)C(F)(F)F. The molecule has 248 valence electrons. The lowest BCUT2D eigenvalue weighted by Crippen LogP contribution is -2.21. The van der Waals surface area contributed by atoms with Crippen molar-refractivity contribution in [2.24, 2.45) is 0 Å². The predicted molar refractivity (Wildman–Crippen MR) is 156 cm³/mol. The van der Waals surface area contributed by atoms with Crippen molar-refractivity contribution in [3.8, 4) is 11.5 Å². The Bertz CT molecular complexity index is 1720. The zero-order valence-electron chi connectivity index (χ0n) is 24.0. The molecule has 4 aromatic rings. The summed E-state index contributed by atoms with van der Waals surface area (Å²) in [4.78, 5) is 50.5. The van der Waals surface area contributed by atoms with Gasteiger partial charge in [0.15, 0.2) is 0 Å². The first-order valence-electron chi connectivity index (χ1n) is 12.9. The van der Waals surface area contributed by atoms with E-state index in [1.165, 1.54) is 6.08 Å². The molecule has 2 amide bonds. The molecule has 4 rings (SSSR count). The topological polar surface area (TPSA) is 168 Å². The highest BCUT2D eigenvalue weighted by atomic mass is 19.4. The summed E-state index contributed by atoms with van der Waals surface area (Å²) < 4.78 is 69.5. The minimum Gasteiger partial charge on any atom is -0.475 e. The summed E-state index contributed by atoms with van der Waals surface area (Å²) in [5.41, 5.74) is 2.92. The Kier molecular flexibility index (Phi) is 12.9. The normalized spacial score (nSPS) is 10.7. The molecule has 47 heavy (non-hydrogen) atoms. The Morgan fingerprint density at radius 1 is 0.830 bits per heavy atom. The second-order valence-corrected chi connectivity index (χ2v) is 8.82. The highest BCUT2D eigenvalue weighted by Crippen LogP contribution is 2.31. The third kappa shape index (κ3) is 12.1. The van der Waals surface area contributed by atoms with E-state index in [9.17, 15) is 35.9 Å². The van der Waals surface area contributed by atoms with Crippen molar-refractivity contribution in [2.45, 2.75) is 25.7 Å². The zero-order valence-corrected chi connectivity index (χ0v) is 24.0. The number of nitrogens with zero attached hydrogens (tertiary/aromatic N) is 2. The van der Waals surface area contributed by atoms with E-state index >= 15 is 0 Å². The first-order valence-corrected chi connectivity index (χ1v) is 12.9. The number of anilines is 2. The Balaban J connectivity index is 0.000000459. The molecule has 4 N–H and O–H groups in total. The monoisotopic (exact) mass is 666 g/mol. The Labute approximate surface area is 261 Å². The highest BCUT2D eigenvalue weighted by Gasteiger charge is 2.38. The lowest BCUT2D eigenvalue weighted by atomic mass is 10.1. The van der Waals surface area contributed by atoms with Gasteiger partial charge in [-0.05, 0) is 78.7 Å².